The summed E-state index contributed by atoms with van der Waals surface area (Å²) in [7, 11) is 0. The van der Waals surface area contributed by atoms with Crippen LogP contribution in [0.3, 0.4) is 0 Å². The van der Waals surface area contributed by atoms with Crippen LogP contribution in [-0.2, 0) is 4.79 Å². The van der Waals surface area contributed by atoms with Crippen LogP contribution in [0.1, 0.15) is 5.56 Å². The fourth-order valence-corrected chi connectivity index (χ4v) is 2.82. The van der Waals surface area contributed by atoms with E-state index in [4.69, 9.17) is 5.11 Å². The maximum absolute atomic E-state index is 12.0. The number of aryl methyl sites for hydroxylation is 1. The van der Waals surface area contributed by atoms with Gasteiger partial charge in [0.15, 0.2) is 0 Å². The number of rotatable bonds is 2. The van der Waals surface area contributed by atoms with Crippen LogP contribution in [0.15, 0.2) is 24.3 Å². The highest BCUT2D eigenvalue weighted by Crippen LogP contribution is 2.22. The summed E-state index contributed by atoms with van der Waals surface area (Å²) in [6.45, 7) is 1.96. The van der Waals surface area contributed by atoms with Gasteiger partial charge < -0.3 is 15.3 Å². The van der Waals surface area contributed by atoms with Crippen LogP contribution < -0.4 is 5.32 Å². The number of carboxylic acid groups (broad SMARTS) is 1. The standard InChI is InChI=1S/C12H14N2O3S/c1-8-2-4-9(5-3-8)13-12(17)14-7-18-6-10(14)11(15)16/h2-5,10H,6-7H2,1H3,(H,13,17)(H,15,16)/t10-/m0/s1. The van der Waals surface area contributed by atoms with Gasteiger partial charge in [0.2, 0.25) is 0 Å². The molecule has 6 heteroatoms. The van der Waals surface area contributed by atoms with Crippen molar-refractivity contribution < 1.29 is 14.7 Å². The Morgan fingerprint density at radius 3 is 2.67 bits per heavy atom. The minimum Gasteiger partial charge on any atom is -0.480 e. The molecule has 0 bridgehead atoms. The number of thioether (sulfide) groups is 1. The topological polar surface area (TPSA) is 69.6 Å². The zero-order chi connectivity index (χ0) is 13.1. The van der Waals surface area contributed by atoms with Crippen molar-refractivity contribution in [2.45, 2.75) is 13.0 Å². The normalized spacial score (nSPS) is 18.7. The Morgan fingerprint density at radius 1 is 1.39 bits per heavy atom. The molecule has 96 valence electrons. The zero-order valence-corrected chi connectivity index (χ0v) is 10.7. The van der Waals surface area contributed by atoms with Gasteiger partial charge in [-0.2, -0.15) is 0 Å². The minimum absolute atomic E-state index is 0.365. The highest BCUT2D eigenvalue weighted by Gasteiger charge is 2.34. The molecule has 1 aromatic rings. The number of urea groups is 1. The molecule has 1 fully saturated rings. The van der Waals surface area contributed by atoms with E-state index >= 15 is 0 Å². The van der Waals surface area contributed by atoms with Gasteiger partial charge in [0, 0.05) is 11.4 Å². The van der Waals surface area contributed by atoms with E-state index in [0.717, 1.165) is 5.56 Å². The Bertz CT molecular complexity index is 461. The lowest BCUT2D eigenvalue weighted by Crippen LogP contribution is -2.43. The number of hydrogen-bond donors (Lipinski definition) is 2. The Morgan fingerprint density at radius 2 is 2.06 bits per heavy atom. The van der Waals surface area contributed by atoms with Gasteiger partial charge in [-0.3, -0.25) is 0 Å². The Kier molecular flexibility index (Phi) is 3.76. The lowest BCUT2D eigenvalue weighted by Gasteiger charge is -2.20. The van der Waals surface area contributed by atoms with Gasteiger partial charge in [0.05, 0.1) is 5.88 Å². The lowest BCUT2D eigenvalue weighted by atomic mass is 10.2. The van der Waals surface area contributed by atoms with E-state index in [1.54, 1.807) is 12.1 Å². The van der Waals surface area contributed by atoms with Crippen molar-refractivity contribution in [2.24, 2.45) is 0 Å². The Hall–Kier alpha value is -1.69. The third-order valence-corrected chi connectivity index (χ3v) is 3.74. The van der Waals surface area contributed by atoms with Crippen LogP contribution in [0, 0.1) is 6.92 Å². The first-order valence-electron chi connectivity index (χ1n) is 5.53. The van der Waals surface area contributed by atoms with Crippen LogP contribution in [0.25, 0.3) is 0 Å². The number of aliphatic carboxylic acids is 1. The molecule has 0 aromatic heterocycles. The molecule has 0 aliphatic carbocycles. The number of benzene rings is 1. The number of anilines is 1. The molecule has 0 spiro atoms. The summed E-state index contributed by atoms with van der Waals surface area (Å²) in [6.07, 6.45) is 0. The molecule has 1 atom stereocenters. The molecule has 0 unspecified atom stereocenters. The highest BCUT2D eigenvalue weighted by molar-refractivity contribution is 7.99. The number of hydrogen-bond acceptors (Lipinski definition) is 3. The van der Waals surface area contributed by atoms with Gasteiger partial charge in [-0.1, -0.05) is 17.7 Å². The first kappa shape index (κ1) is 12.8. The maximum atomic E-state index is 12.0. The number of amides is 2. The second kappa shape index (κ2) is 5.30. The van der Waals surface area contributed by atoms with Crippen molar-refractivity contribution in [3.05, 3.63) is 29.8 Å². The van der Waals surface area contributed by atoms with Gasteiger partial charge in [0.1, 0.15) is 6.04 Å². The van der Waals surface area contributed by atoms with E-state index in [0.29, 0.717) is 17.3 Å². The third-order valence-electron chi connectivity index (χ3n) is 2.73. The van der Waals surface area contributed by atoms with Crippen LogP contribution in [0.5, 0.6) is 0 Å². The first-order chi connectivity index (χ1) is 8.58. The van der Waals surface area contributed by atoms with Gasteiger partial charge >= 0.3 is 12.0 Å². The summed E-state index contributed by atoms with van der Waals surface area (Å²) in [5.41, 5.74) is 1.78. The number of nitrogens with zero attached hydrogens (tertiary/aromatic N) is 1. The van der Waals surface area contributed by atoms with Crippen LogP contribution in [-0.4, -0.2) is 39.7 Å². The average molecular weight is 266 g/mol. The molecule has 0 saturated carbocycles. The van der Waals surface area contributed by atoms with Gasteiger partial charge in [-0.15, -0.1) is 11.8 Å². The summed E-state index contributed by atoms with van der Waals surface area (Å²) < 4.78 is 0. The van der Waals surface area contributed by atoms with E-state index < -0.39 is 12.0 Å². The molecule has 1 saturated heterocycles. The van der Waals surface area contributed by atoms with Crippen molar-refractivity contribution in [1.29, 1.82) is 0 Å². The summed E-state index contributed by atoms with van der Waals surface area (Å²) in [5, 5.41) is 11.7. The van der Waals surface area contributed by atoms with Crippen LogP contribution >= 0.6 is 11.8 Å². The fourth-order valence-electron chi connectivity index (χ4n) is 1.68. The number of carbonyl (C=O) groups is 2. The summed E-state index contributed by atoms with van der Waals surface area (Å²) >= 11 is 1.44. The van der Waals surface area contributed by atoms with E-state index in [1.807, 2.05) is 19.1 Å². The molecule has 5 nitrogen and oxygen atoms in total. The predicted octanol–water partition coefficient (Wildman–Crippen LogP) is 1.99. The van der Waals surface area contributed by atoms with Crippen LogP contribution in [0.4, 0.5) is 10.5 Å². The van der Waals surface area contributed by atoms with Crippen molar-refractivity contribution in [1.82, 2.24) is 4.90 Å². The lowest BCUT2D eigenvalue weighted by molar-refractivity contribution is -0.140. The number of nitrogens with one attached hydrogen (secondary N) is 1. The zero-order valence-electron chi connectivity index (χ0n) is 9.92. The Balaban J connectivity index is 2.03. The summed E-state index contributed by atoms with van der Waals surface area (Å²) in [5.74, 6) is -0.107. The summed E-state index contributed by atoms with van der Waals surface area (Å²) in [6, 6.07) is 6.28. The van der Waals surface area contributed by atoms with Crippen molar-refractivity contribution >= 4 is 29.4 Å². The molecule has 18 heavy (non-hydrogen) atoms. The largest absolute Gasteiger partial charge is 0.480 e. The van der Waals surface area contributed by atoms with Gasteiger partial charge in [-0.25, -0.2) is 9.59 Å². The van der Waals surface area contributed by atoms with Gasteiger partial charge in [-0.05, 0) is 19.1 Å². The number of carboxylic acids is 1. The molecule has 1 aliphatic rings. The van der Waals surface area contributed by atoms with E-state index in [1.165, 1.54) is 16.7 Å². The first-order valence-corrected chi connectivity index (χ1v) is 6.68. The quantitative estimate of drug-likeness (QED) is 0.859. The molecule has 1 aliphatic heterocycles. The van der Waals surface area contributed by atoms with Gasteiger partial charge in [0.25, 0.3) is 0 Å². The smallest absolute Gasteiger partial charge is 0.327 e. The second-order valence-electron chi connectivity index (χ2n) is 4.12. The maximum Gasteiger partial charge on any atom is 0.327 e. The molecule has 2 N–H and O–H groups in total. The monoisotopic (exact) mass is 266 g/mol. The number of carbonyl (C=O) groups excluding carboxylic acids is 1. The third kappa shape index (κ3) is 2.76. The van der Waals surface area contributed by atoms with Crippen molar-refractivity contribution in [2.75, 3.05) is 16.9 Å². The second-order valence-corrected chi connectivity index (χ2v) is 5.12. The molecular formula is C12H14N2O3S. The highest BCUT2D eigenvalue weighted by atomic mass is 32.2. The molecular weight excluding hydrogens is 252 g/mol. The minimum atomic E-state index is -0.959. The molecule has 0 radical (unpaired) electrons. The van der Waals surface area contributed by atoms with Crippen LogP contribution in [0.2, 0.25) is 0 Å². The molecule has 2 amide bonds. The Labute approximate surface area is 109 Å². The van der Waals surface area contributed by atoms with Crippen molar-refractivity contribution in [3.8, 4) is 0 Å². The average Bonchev–Trinajstić information content (AvgIpc) is 2.81. The molecule has 1 aromatic carbocycles. The van der Waals surface area contributed by atoms with E-state index in [9.17, 15) is 9.59 Å². The van der Waals surface area contributed by atoms with E-state index in [2.05, 4.69) is 5.32 Å². The predicted molar refractivity (Wildman–Crippen MR) is 70.8 cm³/mol. The summed E-state index contributed by atoms with van der Waals surface area (Å²) in [4.78, 5) is 24.3. The molecule has 1 heterocycles. The van der Waals surface area contributed by atoms with Crippen molar-refractivity contribution in [3.63, 3.8) is 0 Å². The fraction of sp³-hybridized carbons (Fsp3) is 0.333. The molecule has 2 rings (SSSR count). The SMILES string of the molecule is Cc1ccc(NC(=O)N2CSC[C@H]2C(=O)O)cc1. The van der Waals surface area contributed by atoms with E-state index in [-0.39, 0.29) is 6.03 Å².